The molecule has 1 N–H and O–H groups in total. The minimum absolute atomic E-state index is 0.494. The molecule has 0 saturated carbocycles. The number of hydrogen-bond donors (Lipinski definition) is 1. The van der Waals surface area contributed by atoms with Gasteiger partial charge in [0.05, 0.1) is 5.69 Å². The van der Waals surface area contributed by atoms with E-state index in [4.69, 9.17) is 23.8 Å². The highest BCUT2D eigenvalue weighted by Crippen LogP contribution is 2.28. The first kappa shape index (κ1) is 13.5. The van der Waals surface area contributed by atoms with Crippen molar-refractivity contribution in [1.29, 1.82) is 0 Å². The maximum absolute atomic E-state index is 5.97. The summed E-state index contributed by atoms with van der Waals surface area (Å²) in [5.74, 6) is 0.652. The Labute approximate surface area is 133 Å². The molecule has 0 aliphatic rings. The van der Waals surface area contributed by atoms with Crippen molar-refractivity contribution < 1.29 is 0 Å². The number of benzene rings is 1. The van der Waals surface area contributed by atoms with Crippen molar-refractivity contribution in [3.63, 3.8) is 0 Å². The predicted molar refractivity (Wildman–Crippen MR) is 84.7 cm³/mol. The minimum atomic E-state index is 0.494. The van der Waals surface area contributed by atoms with Crippen molar-refractivity contribution in [1.82, 2.24) is 19.7 Å². The van der Waals surface area contributed by atoms with Gasteiger partial charge >= 0.3 is 0 Å². The highest BCUT2D eigenvalue weighted by molar-refractivity contribution is 9.10. The fourth-order valence-electron chi connectivity index (χ4n) is 1.85. The first-order chi connectivity index (χ1) is 9.66. The molecule has 0 amide bonds. The highest BCUT2D eigenvalue weighted by atomic mass is 79.9. The molecular formula is C13H8BrClN4S. The lowest BCUT2D eigenvalue weighted by Gasteiger charge is -2.08. The van der Waals surface area contributed by atoms with Gasteiger partial charge in [0, 0.05) is 15.7 Å². The monoisotopic (exact) mass is 366 g/mol. The zero-order valence-electron chi connectivity index (χ0n) is 10.0. The maximum atomic E-state index is 5.97. The van der Waals surface area contributed by atoms with E-state index in [0.717, 1.165) is 15.9 Å². The molecule has 20 heavy (non-hydrogen) atoms. The lowest BCUT2D eigenvalue weighted by molar-refractivity contribution is 1.02. The van der Waals surface area contributed by atoms with Crippen LogP contribution in [0.15, 0.2) is 47.1 Å². The van der Waals surface area contributed by atoms with Crippen molar-refractivity contribution in [2.45, 2.75) is 0 Å². The third-order valence-electron chi connectivity index (χ3n) is 2.72. The molecule has 100 valence electrons. The van der Waals surface area contributed by atoms with E-state index in [1.807, 2.05) is 34.9 Å². The van der Waals surface area contributed by atoms with E-state index in [0.29, 0.717) is 15.6 Å². The summed E-state index contributed by atoms with van der Waals surface area (Å²) in [6, 6.07) is 11.1. The Kier molecular flexibility index (Phi) is 3.69. The first-order valence-electron chi connectivity index (χ1n) is 5.71. The van der Waals surface area contributed by atoms with Crippen molar-refractivity contribution in [2.24, 2.45) is 0 Å². The number of nitrogens with zero attached hydrogens (tertiary/aromatic N) is 3. The van der Waals surface area contributed by atoms with Gasteiger partial charge in [-0.25, -0.2) is 0 Å². The van der Waals surface area contributed by atoms with Crippen LogP contribution in [0, 0.1) is 4.77 Å². The van der Waals surface area contributed by atoms with Crippen molar-refractivity contribution >= 4 is 39.7 Å². The second-order valence-corrected chi connectivity index (χ2v) is 5.68. The van der Waals surface area contributed by atoms with E-state index in [1.165, 1.54) is 0 Å². The number of nitrogens with one attached hydrogen (secondary N) is 1. The molecule has 0 saturated heterocycles. The topological polar surface area (TPSA) is 46.5 Å². The normalized spacial score (nSPS) is 10.7. The van der Waals surface area contributed by atoms with E-state index in [1.54, 1.807) is 12.3 Å². The molecule has 0 bridgehead atoms. The average molecular weight is 368 g/mol. The van der Waals surface area contributed by atoms with Crippen molar-refractivity contribution in [3.05, 3.63) is 56.9 Å². The van der Waals surface area contributed by atoms with Crippen LogP contribution in [0.25, 0.3) is 17.2 Å². The molecule has 0 aliphatic heterocycles. The molecule has 0 spiro atoms. The van der Waals surface area contributed by atoms with Gasteiger partial charge < -0.3 is 0 Å². The highest BCUT2D eigenvalue weighted by Gasteiger charge is 2.13. The molecule has 2 heterocycles. The van der Waals surface area contributed by atoms with E-state index in [-0.39, 0.29) is 0 Å². The molecule has 0 atom stereocenters. The average Bonchev–Trinajstić information content (AvgIpc) is 2.82. The SMILES string of the molecule is S=c1[nH]nc(-c2ccccn2)n1-c1ccc(Cl)cc1Br. The molecule has 3 aromatic rings. The van der Waals surface area contributed by atoms with Gasteiger partial charge in [0.15, 0.2) is 10.6 Å². The quantitative estimate of drug-likeness (QED) is 0.683. The largest absolute Gasteiger partial charge is 0.266 e. The molecule has 4 nitrogen and oxygen atoms in total. The van der Waals surface area contributed by atoms with Gasteiger partial charge in [-0.2, -0.15) is 5.10 Å². The second-order valence-electron chi connectivity index (χ2n) is 4.00. The van der Waals surface area contributed by atoms with Crippen LogP contribution in [0.5, 0.6) is 0 Å². The van der Waals surface area contributed by atoms with Gasteiger partial charge in [-0.15, -0.1) is 0 Å². The van der Waals surface area contributed by atoms with Crippen molar-refractivity contribution in [2.75, 3.05) is 0 Å². The third-order valence-corrected chi connectivity index (χ3v) is 3.86. The van der Waals surface area contributed by atoms with Crippen LogP contribution in [-0.2, 0) is 0 Å². The van der Waals surface area contributed by atoms with Gasteiger partial charge in [0.2, 0.25) is 0 Å². The van der Waals surface area contributed by atoms with Crippen LogP contribution < -0.4 is 0 Å². The van der Waals surface area contributed by atoms with E-state index < -0.39 is 0 Å². The molecular weight excluding hydrogens is 360 g/mol. The molecule has 1 aromatic carbocycles. The van der Waals surface area contributed by atoms with Crippen LogP contribution in [0.3, 0.4) is 0 Å². The zero-order valence-corrected chi connectivity index (χ0v) is 13.2. The number of pyridine rings is 1. The number of aromatic amines is 1. The summed E-state index contributed by atoms with van der Waals surface area (Å²) >= 11 is 14.8. The van der Waals surface area contributed by atoms with Crippen LogP contribution in [0.2, 0.25) is 5.02 Å². The Morgan fingerprint density at radius 1 is 1.25 bits per heavy atom. The molecule has 3 rings (SSSR count). The Hall–Kier alpha value is -1.50. The summed E-state index contributed by atoms with van der Waals surface area (Å²) < 4.78 is 3.14. The third kappa shape index (κ3) is 2.42. The Morgan fingerprint density at radius 3 is 2.80 bits per heavy atom. The van der Waals surface area contributed by atoms with Gasteiger partial charge in [-0.1, -0.05) is 17.7 Å². The standard InChI is InChI=1S/C13H8BrClN4S/c14-9-7-8(15)4-5-11(9)19-12(17-18-13(19)20)10-3-1-2-6-16-10/h1-7H,(H,18,20). The summed E-state index contributed by atoms with van der Waals surface area (Å²) in [7, 11) is 0. The molecule has 0 aliphatic carbocycles. The minimum Gasteiger partial charge on any atom is -0.266 e. The van der Waals surface area contributed by atoms with E-state index in [2.05, 4.69) is 31.1 Å². The second kappa shape index (κ2) is 5.47. The molecule has 7 heteroatoms. The summed E-state index contributed by atoms with van der Waals surface area (Å²) in [5, 5.41) is 7.70. The Balaban J connectivity index is 2.25. The van der Waals surface area contributed by atoms with Crippen LogP contribution in [-0.4, -0.2) is 19.7 Å². The fraction of sp³-hybridized carbons (Fsp3) is 0. The first-order valence-corrected chi connectivity index (χ1v) is 7.29. The van der Waals surface area contributed by atoms with Crippen LogP contribution in [0.1, 0.15) is 0 Å². The molecule has 0 fully saturated rings. The van der Waals surface area contributed by atoms with Gasteiger partial charge in [-0.05, 0) is 58.5 Å². The van der Waals surface area contributed by atoms with E-state index >= 15 is 0 Å². The molecule has 0 unspecified atom stereocenters. The Morgan fingerprint density at radius 2 is 2.10 bits per heavy atom. The lowest BCUT2D eigenvalue weighted by atomic mass is 10.3. The predicted octanol–water partition coefficient (Wildman–Crippen LogP) is 4.41. The summed E-state index contributed by atoms with van der Waals surface area (Å²) in [5.41, 5.74) is 1.59. The van der Waals surface area contributed by atoms with Crippen LogP contribution >= 0.6 is 39.7 Å². The number of hydrogen-bond acceptors (Lipinski definition) is 3. The van der Waals surface area contributed by atoms with Crippen LogP contribution in [0.4, 0.5) is 0 Å². The number of H-pyrrole nitrogens is 1. The lowest BCUT2D eigenvalue weighted by Crippen LogP contribution is -1.99. The fourth-order valence-corrected chi connectivity index (χ4v) is 2.94. The maximum Gasteiger partial charge on any atom is 0.200 e. The Bertz CT molecular complexity index is 813. The smallest absolute Gasteiger partial charge is 0.200 e. The summed E-state index contributed by atoms with van der Waals surface area (Å²) in [6.07, 6.45) is 1.72. The van der Waals surface area contributed by atoms with Gasteiger partial charge in [0.25, 0.3) is 0 Å². The van der Waals surface area contributed by atoms with Crippen molar-refractivity contribution in [3.8, 4) is 17.2 Å². The van der Waals surface area contributed by atoms with Gasteiger partial charge in [-0.3, -0.25) is 14.6 Å². The molecule has 0 radical (unpaired) electrons. The zero-order chi connectivity index (χ0) is 14.1. The number of halogens is 2. The summed E-state index contributed by atoms with van der Waals surface area (Å²) in [4.78, 5) is 4.30. The number of rotatable bonds is 2. The number of aromatic nitrogens is 4. The van der Waals surface area contributed by atoms with E-state index in [9.17, 15) is 0 Å². The molecule has 2 aromatic heterocycles. The van der Waals surface area contributed by atoms with Gasteiger partial charge in [0.1, 0.15) is 5.69 Å². The summed E-state index contributed by atoms with van der Waals surface area (Å²) in [6.45, 7) is 0.